The molecule has 0 aliphatic rings. The van der Waals surface area contributed by atoms with Crippen LogP contribution >= 0.6 is 12.6 Å². The number of hydrogen-bond acceptors (Lipinski definition) is 2. The molecule has 0 unspecified atom stereocenters. The molecule has 2 rings (SSSR count). The molecular weight excluding hydrogens is 232 g/mol. The Morgan fingerprint density at radius 1 is 1.41 bits per heavy atom. The summed E-state index contributed by atoms with van der Waals surface area (Å²) in [5, 5.41) is 4.07. The Labute approximate surface area is 106 Å². The summed E-state index contributed by atoms with van der Waals surface area (Å²) in [5.41, 5.74) is 3.60. The highest BCUT2D eigenvalue weighted by molar-refractivity contribution is 7.81. The maximum absolute atomic E-state index is 11.1. The van der Waals surface area contributed by atoms with E-state index in [1.54, 1.807) is 0 Å². The average Bonchev–Trinajstić information content (AvgIpc) is 2.66. The number of carbonyl (C=O) groups excluding carboxylic acids is 1. The molecule has 0 bridgehead atoms. The zero-order chi connectivity index (χ0) is 12.3. The van der Waals surface area contributed by atoms with Crippen molar-refractivity contribution in [1.82, 2.24) is 10.3 Å². The molecular formula is C13H16N2OS. The topological polar surface area (TPSA) is 44.9 Å². The first-order valence-electron chi connectivity index (χ1n) is 5.66. The highest BCUT2D eigenvalue weighted by Crippen LogP contribution is 2.21. The summed E-state index contributed by atoms with van der Waals surface area (Å²) in [5.74, 6) is 0.221. The van der Waals surface area contributed by atoms with Gasteiger partial charge < -0.3 is 10.3 Å². The van der Waals surface area contributed by atoms with Crippen LogP contribution in [-0.2, 0) is 11.2 Å². The molecule has 1 heterocycles. The quantitative estimate of drug-likeness (QED) is 0.713. The van der Waals surface area contributed by atoms with Crippen molar-refractivity contribution in [1.29, 1.82) is 0 Å². The molecule has 0 spiro atoms. The van der Waals surface area contributed by atoms with Crippen LogP contribution in [0.5, 0.6) is 0 Å². The molecule has 0 saturated carbocycles. The van der Waals surface area contributed by atoms with Crippen molar-refractivity contribution in [2.24, 2.45) is 0 Å². The molecule has 2 N–H and O–H groups in total. The van der Waals surface area contributed by atoms with Crippen LogP contribution in [0.4, 0.5) is 0 Å². The summed E-state index contributed by atoms with van der Waals surface area (Å²) in [6, 6.07) is 8.23. The van der Waals surface area contributed by atoms with Gasteiger partial charge in [-0.25, -0.2) is 0 Å². The Kier molecular flexibility index (Phi) is 3.74. The number of aromatic nitrogens is 1. The van der Waals surface area contributed by atoms with Crippen molar-refractivity contribution in [3.05, 3.63) is 35.5 Å². The van der Waals surface area contributed by atoms with Gasteiger partial charge in [0.15, 0.2) is 0 Å². The third kappa shape index (κ3) is 2.64. The molecule has 0 saturated heterocycles. The number of aromatic amines is 1. The molecule has 2 aromatic rings. The highest BCUT2D eigenvalue weighted by Gasteiger charge is 2.07. The van der Waals surface area contributed by atoms with Crippen LogP contribution in [0.2, 0.25) is 0 Å². The number of carbonyl (C=O) groups is 1. The van der Waals surface area contributed by atoms with Gasteiger partial charge >= 0.3 is 0 Å². The number of amides is 1. The first-order valence-corrected chi connectivity index (χ1v) is 6.29. The van der Waals surface area contributed by atoms with Crippen LogP contribution in [0, 0.1) is 6.92 Å². The zero-order valence-corrected chi connectivity index (χ0v) is 10.7. The van der Waals surface area contributed by atoms with Gasteiger partial charge in [0.05, 0.1) is 5.75 Å². The standard InChI is InChI=1S/C13H16N2OS/c1-9-10(6-7-14-13(16)8-17)11-4-2-3-5-12(11)15-9/h2-5,15,17H,6-8H2,1H3,(H,14,16). The minimum atomic E-state index is -0.0224. The van der Waals surface area contributed by atoms with E-state index in [-0.39, 0.29) is 11.7 Å². The van der Waals surface area contributed by atoms with Gasteiger partial charge in [-0.15, -0.1) is 0 Å². The Balaban J connectivity index is 2.12. The van der Waals surface area contributed by atoms with E-state index in [2.05, 4.69) is 42.0 Å². The maximum Gasteiger partial charge on any atom is 0.229 e. The molecule has 0 atom stereocenters. The van der Waals surface area contributed by atoms with E-state index in [4.69, 9.17) is 0 Å². The number of thiol groups is 1. The molecule has 1 aromatic carbocycles. The van der Waals surface area contributed by atoms with Crippen LogP contribution in [0.1, 0.15) is 11.3 Å². The van der Waals surface area contributed by atoms with E-state index >= 15 is 0 Å². The van der Waals surface area contributed by atoms with Gasteiger partial charge in [-0.05, 0) is 25.0 Å². The Morgan fingerprint density at radius 2 is 2.18 bits per heavy atom. The molecule has 90 valence electrons. The fourth-order valence-electron chi connectivity index (χ4n) is 2.04. The molecule has 1 amide bonds. The lowest BCUT2D eigenvalue weighted by Gasteiger charge is -2.03. The third-order valence-electron chi connectivity index (χ3n) is 2.87. The molecule has 1 aromatic heterocycles. The van der Waals surface area contributed by atoms with Gasteiger partial charge in [-0.1, -0.05) is 18.2 Å². The van der Waals surface area contributed by atoms with Gasteiger partial charge in [0.2, 0.25) is 5.91 Å². The van der Waals surface area contributed by atoms with Gasteiger partial charge in [0.25, 0.3) is 0 Å². The fraction of sp³-hybridized carbons (Fsp3) is 0.308. The number of fused-ring (bicyclic) bond motifs is 1. The number of aryl methyl sites for hydroxylation is 1. The average molecular weight is 248 g/mol. The molecule has 0 aliphatic heterocycles. The smallest absolute Gasteiger partial charge is 0.229 e. The van der Waals surface area contributed by atoms with Crippen LogP contribution in [-0.4, -0.2) is 23.2 Å². The van der Waals surface area contributed by atoms with E-state index in [0.717, 1.165) is 11.9 Å². The van der Waals surface area contributed by atoms with Gasteiger partial charge in [0.1, 0.15) is 0 Å². The molecule has 17 heavy (non-hydrogen) atoms. The minimum Gasteiger partial charge on any atom is -0.358 e. The number of hydrogen-bond donors (Lipinski definition) is 3. The van der Waals surface area contributed by atoms with Crippen LogP contribution in [0.3, 0.4) is 0 Å². The Bertz CT molecular complexity index is 533. The summed E-state index contributed by atoms with van der Waals surface area (Å²) in [7, 11) is 0. The second-order valence-electron chi connectivity index (χ2n) is 4.03. The van der Waals surface area contributed by atoms with Crippen molar-refractivity contribution >= 4 is 29.4 Å². The second kappa shape index (κ2) is 5.27. The summed E-state index contributed by atoms with van der Waals surface area (Å²) in [6.45, 7) is 2.72. The summed E-state index contributed by atoms with van der Waals surface area (Å²) in [6.07, 6.45) is 0.843. The fourth-order valence-corrected chi connectivity index (χ4v) is 2.15. The van der Waals surface area contributed by atoms with Gasteiger partial charge in [-0.3, -0.25) is 4.79 Å². The first-order chi connectivity index (χ1) is 8.22. The molecule has 0 aliphatic carbocycles. The summed E-state index contributed by atoms with van der Waals surface area (Å²) in [4.78, 5) is 14.4. The number of H-pyrrole nitrogens is 1. The summed E-state index contributed by atoms with van der Waals surface area (Å²) >= 11 is 3.92. The maximum atomic E-state index is 11.1. The van der Waals surface area contributed by atoms with E-state index in [1.165, 1.54) is 16.6 Å². The van der Waals surface area contributed by atoms with Crippen LogP contribution in [0.15, 0.2) is 24.3 Å². The molecule has 0 radical (unpaired) electrons. The van der Waals surface area contributed by atoms with E-state index in [0.29, 0.717) is 6.54 Å². The third-order valence-corrected chi connectivity index (χ3v) is 3.16. The van der Waals surface area contributed by atoms with Crippen molar-refractivity contribution in [3.8, 4) is 0 Å². The van der Waals surface area contributed by atoms with E-state index in [9.17, 15) is 4.79 Å². The SMILES string of the molecule is Cc1[nH]c2ccccc2c1CCNC(=O)CS. The Hall–Kier alpha value is -1.42. The minimum absolute atomic E-state index is 0.0224. The molecule has 4 heteroatoms. The summed E-state index contributed by atoms with van der Waals surface area (Å²) < 4.78 is 0. The number of nitrogens with one attached hydrogen (secondary N) is 2. The van der Waals surface area contributed by atoms with E-state index in [1.807, 2.05) is 12.1 Å². The second-order valence-corrected chi connectivity index (χ2v) is 4.35. The number of rotatable bonds is 4. The first kappa shape index (κ1) is 12.0. The normalized spacial score (nSPS) is 10.7. The predicted molar refractivity (Wildman–Crippen MR) is 73.6 cm³/mol. The van der Waals surface area contributed by atoms with Crippen molar-refractivity contribution in [2.75, 3.05) is 12.3 Å². The Morgan fingerprint density at radius 3 is 2.94 bits per heavy atom. The van der Waals surface area contributed by atoms with E-state index < -0.39 is 0 Å². The van der Waals surface area contributed by atoms with Crippen molar-refractivity contribution in [3.63, 3.8) is 0 Å². The lowest BCUT2D eigenvalue weighted by Crippen LogP contribution is -2.26. The predicted octanol–water partition coefficient (Wildman–Crippen LogP) is 2.06. The van der Waals surface area contributed by atoms with Crippen LogP contribution in [0.25, 0.3) is 10.9 Å². The van der Waals surface area contributed by atoms with Gasteiger partial charge in [0, 0.05) is 23.1 Å². The molecule has 0 fully saturated rings. The monoisotopic (exact) mass is 248 g/mol. The number of benzene rings is 1. The highest BCUT2D eigenvalue weighted by atomic mass is 32.1. The zero-order valence-electron chi connectivity index (χ0n) is 9.79. The van der Waals surface area contributed by atoms with Crippen LogP contribution < -0.4 is 5.32 Å². The lowest BCUT2D eigenvalue weighted by molar-refractivity contribution is -0.118. The van der Waals surface area contributed by atoms with Crippen molar-refractivity contribution in [2.45, 2.75) is 13.3 Å². The largest absolute Gasteiger partial charge is 0.358 e. The van der Waals surface area contributed by atoms with Crippen molar-refractivity contribution < 1.29 is 4.79 Å². The molecule has 3 nitrogen and oxygen atoms in total. The van der Waals surface area contributed by atoms with Gasteiger partial charge in [-0.2, -0.15) is 12.6 Å². The lowest BCUT2D eigenvalue weighted by atomic mass is 10.1. The number of para-hydroxylation sites is 1.